The molecule has 1 amide bonds. The van der Waals surface area contributed by atoms with Crippen molar-refractivity contribution in [2.75, 3.05) is 31.0 Å². The van der Waals surface area contributed by atoms with E-state index < -0.39 is 0 Å². The molecule has 4 rings (SSSR count). The Hall–Kier alpha value is -3.81. The summed E-state index contributed by atoms with van der Waals surface area (Å²) < 4.78 is 16.3. The molecule has 8 heteroatoms. The summed E-state index contributed by atoms with van der Waals surface area (Å²) in [6, 6.07) is 14.2. The third-order valence-corrected chi connectivity index (χ3v) is 4.21. The molecule has 0 aliphatic carbocycles. The van der Waals surface area contributed by atoms with E-state index in [0.29, 0.717) is 47.8 Å². The highest BCUT2D eigenvalue weighted by molar-refractivity contribution is 6.03. The Balaban J connectivity index is 1.53. The average molecular weight is 392 g/mol. The zero-order valence-electron chi connectivity index (χ0n) is 16.1. The van der Waals surface area contributed by atoms with Crippen molar-refractivity contribution in [3.05, 3.63) is 59.9 Å². The zero-order chi connectivity index (χ0) is 20.2. The third kappa shape index (κ3) is 4.37. The second-order valence-electron chi connectivity index (χ2n) is 6.39. The Morgan fingerprint density at radius 1 is 1.00 bits per heavy atom. The minimum Gasteiger partial charge on any atom is -0.497 e. The van der Waals surface area contributed by atoms with E-state index in [1.54, 1.807) is 44.4 Å². The first kappa shape index (κ1) is 18.5. The van der Waals surface area contributed by atoms with Gasteiger partial charge in [-0.3, -0.25) is 4.79 Å². The predicted octanol–water partition coefficient (Wildman–Crippen LogP) is 3.56. The number of carbonyl (C=O) groups is 1. The number of fused-ring (bicyclic) bond motifs is 1. The molecular weight excluding hydrogens is 372 g/mol. The van der Waals surface area contributed by atoms with Crippen molar-refractivity contribution in [3.63, 3.8) is 0 Å². The van der Waals surface area contributed by atoms with Crippen molar-refractivity contribution < 1.29 is 19.0 Å². The van der Waals surface area contributed by atoms with Gasteiger partial charge >= 0.3 is 0 Å². The average Bonchev–Trinajstić information content (AvgIpc) is 2.73. The van der Waals surface area contributed by atoms with Gasteiger partial charge in [0.2, 0.25) is 5.95 Å². The number of nitrogens with one attached hydrogen (secondary N) is 2. The fourth-order valence-electron chi connectivity index (χ4n) is 2.89. The molecule has 2 N–H and O–H groups in total. The number of rotatable bonds is 5. The molecule has 0 saturated carbocycles. The van der Waals surface area contributed by atoms with Crippen LogP contribution >= 0.6 is 0 Å². The highest BCUT2D eigenvalue weighted by Crippen LogP contribution is 2.33. The van der Waals surface area contributed by atoms with E-state index in [2.05, 4.69) is 20.6 Å². The lowest BCUT2D eigenvalue weighted by Gasteiger charge is -2.19. The number of ether oxygens (including phenoxy) is 3. The number of aromatic nitrogens is 2. The Morgan fingerprint density at radius 3 is 2.66 bits per heavy atom. The van der Waals surface area contributed by atoms with Crippen LogP contribution in [0.3, 0.4) is 0 Å². The maximum atomic E-state index is 12.7. The molecule has 0 fully saturated rings. The van der Waals surface area contributed by atoms with Gasteiger partial charge in [-0.1, -0.05) is 6.07 Å². The number of amides is 1. The van der Waals surface area contributed by atoms with Crippen LogP contribution in [0.4, 0.5) is 17.3 Å². The van der Waals surface area contributed by atoms with E-state index in [1.807, 2.05) is 18.2 Å². The van der Waals surface area contributed by atoms with Gasteiger partial charge in [0.25, 0.3) is 5.91 Å². The summed E-state index contributed by atoms with van der Waals surface area (Å²) in [5.41, 5.74) is 2.27. The Labute approximate surface area is 167 Å². The third-order valence-electron chi connectivity index (χ3n) is 4.21. The van der Waals surface area contributed by atoms with Gasteiger partial charge in [0.15, 0.2) is 11.5 Å². The summed E-state index contributed by atoms with van der Waals surface area (Å²) >= 11 is 0. The maximum absolute atomic E-state index is 12.7. The Bertz CT molecular complexity index is 1050. The first-order valence-corrected chi connectivity index (χ1v) is 9.08. The fraction of sp³-hybridized carbons (Fsp3) is 0.190. The maximum Gasteiger partial charge on any atom is 0.274 e. The molecule has 1 aliphatic heterocycles. The van der Waals surface area contributed by atoms with Gasteiger partial charge in [0.1, 0.15) is 24.7 Å². The molecule has 0 atom stereocenters. The number of anilines is 3. The largest absolute Gasteiger partial charge is 0.497 e. The summed E-state index contributed by atoms with van der Waals surface area (Å²) in [5.74, 6) is 1.99. The van der Waals surface area contributed by atoms with E-state index in [0.717, 1.165) is 5.69 Å². The molecular formula is C21H20N4O4. The van der Waals surface area contributed by atoms with Crippen LogP contribution in [-0.4, -0.2) is 36.2 Å². The molecule has 0 radical (unpaired) electrons. The predicted molar refractivity (Wildman–Crippen MR) is 108 cm³/mol. The van der Waals surface area contributed by atoms with Gasteiger partial charge < -0.3 is 24.8 Å². The van der Waals surface area contributed by atoms with Gasteiger partial charge in [0.05, 0.1) is 7.11 Å². The molecule has 0 unspecified atom stereocenters. The SMILES string of the molecule is COc1cccc(NC(=O)c2cc(C)nc(Nc3ccc4c(c3)OCCO4)n2)c1. The van der Waals surface area contributed by atoms with Crippen LogP contribution in [0, 0.1) is 6.92 Å². The Morgan fingerprint density at radius 2 is 1.83 bits per heavy atom. The van der Waals surface area contributed by atoms with E-state index >= 15 is 0 Å². The normalized spacial score (nSPS) is 12.2. The number of hydrogen-bond acceptors (Lipinski definition) is 7. The highest BCUT2D eigenvalue weighted by atomic mass is 16.6. The standard InChI is InChI=1S/C21H20N4O4/c1-13-10-17(20(26)23-14-4-3-5-16(11-14)27-2)25-21(22-13)24-15-6-7-18-19(12-15)29-9-8-28-18/h3-7,10-12H,8-9H2,1-2H3,(H,23,26)(H,22,24,25). The van der Waals surface area contributed by atoms with Crippen molar-refractivity contribution in [3.8, 4) is 17.2 Å². The van der Waals surface area contributed by atoms with Crippen molar-refractivity contribution in [2.24, 2.45) is 0 Å². The fourth-order valence-corrected chi connectivity index (χ4v) is 2.89. The molecule has 1 aromatic heterocycles. The molecule has 8 nitrogen and oxygen atoms in total. The van der Waals surface area contributed by atoms with Crippen LogP contribution in [-0.2, 0) is 0 Å². The van der Waals surface area contributed by atoms with Crippen LogP contribution in [0.15, 0.2) is 48.5 Å². The first-order valence-electron chi connectivity index (χ1n) is 9.08. The molecule has 1 aliphatic rings. The quantitative estimate of drug-likeness (QED) is 0.685. The lowest BCUT2D eigenvalue weighted by molar-refractivity contribution is 0.102. The number of carbonyl (C=O) groups excluding carboxylic acids is 1. The van der Waals surface area contributed by atoms with Crippen LogP contribution < -0.4 is 24.8 Å². The minimum atomic E-state index is -0.339. The Kier molecular flexibility index (Phi) is 5.15. The van der Waals surface area contributed by atoms with E-state index in [4.69, 9.17) is 14.2 Å². The van der Waals surface area contributed by atoms with Crippen LogP contribution in [0.25, 0.3) is 0 Å². The molecule has 0 spiro atoms. The van der Waals surface area contributed by atoms with Gasteiger partial charge in [-0.2, -0.15) is 0 Å². The van der Waals surface area contributed by atoms with Crippen molar-refractivity contribution in [1.82, 2.24) is 9.97 Å². The number of benzene rings is 2. The van der Waals surface area contributed by atoms with E-state index in [-0.39, 0.29) is 11.6 Å². The van der Waals surface area contributed by atoms with Crippen molar-refractivity contribution in [1.29, 1.82) is 0 Å². The second kappa shape index (κ2) is 8.05. The lowest BCUT2D eigenvalue weighted by Crippen LogP contribution is -2.16. The van der Waals surface area contributed by atoms with E-state index in [9.17, 15) is 4.79 Å². The second-order valence-corrected chi connectivity index (χ2v) is 6.39. The minimum absolute atomic E-state index is 0.250. The number of methoxy groups -OCH3 is 1. The van der Waals surface area contributed by atoms with Crippen molar-refractivity contribution >= 4 is 23.2 Å². The molecule has 0 saturated heterocycles. The lowest BCUT2D eigenvalue weighted by atomic mass is 10.2. The molecule has 0 bridgehead atoms. The van der Waals surface area contributed by atoms with Crippen LogP contribution in [0.1, 0.15) is 16.2 Å². The molecule has 148 valence electrons. The smallest absolute Gasteiger partial charge is 0.274 e. The number of hydrogen-bond donors (Lipinski definition) is 2. The van der Waals surface area contributed by atoms with Crippen LogP contribution in [0.2, 0.25) is 0 Å². The summed E-state index contributed by atoms with van der Waals surface area (Å²) in [5, 5.41) is 5.93. The van der Waals surface area contributed by atoms with E-state index in [1.165, 1.54) is 0 Å². The summed E-state index contributed by atoms with van der Waals surface area (Å²) in [7, 11) is 1.57. The number of aryl methyl sites for hydroxylation is 1. The molecule has 2 aromatic carbocycles. The summed E-state index contributed by atoms with van der Waals surface area (Å²) in [6.45, 7) is 2.84. The first-order chi connectivity index (χ1) is 14.1. The van der Waals surface area contributed by atoms with Gasteiger partial charge in [-0.15, -0.1) is 0 Å². The van der Waals surface area contributed by atoms with Crippen LogP contribution in [0.5, 0.6) is 17.2 Å². The van der Waals surface area contributed by atoms with Crippen molar-refractivity contribution in [2.45, 2.75) is 6.92 Å². The topological polar surface area (TPSA) is 94.6 Å². The van der Waals surface area contributed by atoms with Gasteiger partial charge in [0, 0.05) is 29.2 Å². The summed E-state index contributed by atoms with van der Waals surface area (Å²) in [6.07, 6.45) is 0. The van der Waals surface area contributed by atoms with Gasteiger partial charge in [-0.25, -0.2) is 9.97 Å². The molecule has 29 heavy (non-hydrogen) atoms. The monoisotopic (exact) mass is 392 g/mol. The number of nitrogens with zero attached hydrogens (tertiary/aromatic N) is 2. The zero-order valence-corrected chi connectivity index (χ0v) is 16.1. The summed E-state index contributed by atoms with van der Waals surface area (Å²) in [4.78, 5) is 21.4. The van der Waals surface area contributed by atoms with Gasteiger partial charge in [-0.05, 0) is 37.3 Å². The highest BCUT2D eigenvalue weighted by Gasteiger charge is 2.14. The molecule has 3 aromatic rings. The molecule has 2 heterocycles.